The molecule has 37 heavy (non-hydrogen) atoms. The van der Waals surface area contributed by atoms with Crippen molar-refractivity contribution >= 4 is 40.1 Å². The fourth-order valence-electron chi connectivity index (χ4n) is 5.05. The molecule has 3 heterocycles. The minimum atomic E-state index is -0.802. The Morgan fingerprint density at radius 1 is 1.14 bits per heavy atom. The molecular weight excluding hydrogens is 472 g/mol. The van der Waals surface area contributed by atoms with Gasteiger partial charge in [0.15, 0.2) is 0 Å². The number of nitrogens with one attached hydrogen (secondary N) is 2. The molecule has 0 spiro atoms. The zero-order chi connectivity index (χ0) is 26.9. The first-order chi connectivity index (χ1) is 17.5. The summed E-state index contributed by atoms with van der Waals surface area (Å²) < 4.78 is 0. The van der Waals surface area contributed by atoms with E-state index >= 15 is 0 Å². The fraction of sp³-hybridized carbons (Fsp3) is 0.423. The van der Waals surface area contributed by atoms with Crippen LogP contribution in [-0.4, -0.2) is 87.4 Å². The van der Waals surface area contributed by atoms with Gasteiger partial charge in [0.05, 0.1) is 40.4 Å². The molecule has 11 heteroatoms. The zero-order valence-corrected chi connectivity index (χ0v) is 21.9. The number of rotatable bonds is 5. The number of piperazine rings is 1. The molecule has 196 valence electrons. The summed E-state index contributed by atoms with van der Waals surface area (Å²) in [5.74, 6) is -1.21. The van der Waals surface area contributed by atoms with Crippen LogP contribution >= 0.6 is 0 Å². The van der Waals surface area contributed by atoms with Crippen molar-refractivity contribution in [3.05, 3.63) is 48.3 Å². The van der Waals surface area contributed by atoms with Gasteiger partial charge in [-0.2, -0.15) is 5.10 Å². The number of hydrogen-bond acceptors (Lipinski definition) is 7. The first-order valence-electron chi connectivity index (χ1n) is 12.2. The van der Waals surface area contributed by atoms with Crippen LogP contribution in [0.5, 0.6) is 0 Å². The van der Waals surface area contributed by atoms with Gasteiger partial charge in [-0.1, -0.05) is 30.3 Å². The van der Waals surface area contributed by atoms with Gasteiger partial charge in [0, 0.05) is 25.7 Å². The van der Waals surface area contributed by atoms with Crippen molar-refractivity contribution in [3.63, 3.8) is 0 Å². The summed E-state index contributed by atoms with van der Waals surface area (Å²) >= 11 is 0. The van der Waals surface area contributed by atoms with Crippen molar-refractivity contribution in [2.45, 2.75) is 32.9 Å². The van der Waals surface area contributed by atoms with E-state index < -0.39 is 23.3 Å². The maximum atomic E-state index is 13.6. The van der Waals surface area contributed by atoms with E-state index in [-0.39, 0.29) is 30.9 Å². The average Bonchev–Trinajstić information content (AvgIpc) is 3.36. The standard InChI is InChI=1S/C26H34N8O3/c1-16-13-34(24(36)23(35)30-19-12-28-22(27)18-11-29-31-21(18)19)20(17-9-7-6-8-10-17)14-33(16)25(37)26(2,3)15-32(4)5/h6-12,16,20H,13-15H2,1-5H3,(H2,27,28)(H,29,31)(H,30,35)/t16-,20-/m1/s1. The second kappa shape index (κ2) is 10.2. The second-order valence-electron chi connectivity index (χ2n) is 10.5. The summed E-state index contributed by atoms with van der Waals surface area (Å²) in [6.45, 7) is 6.86. The number of pyridine rings is 1. The van der Waals surface area contributed by atoms with Gasteiger partial charge in [-0.3, -0.25) is 19.5 Å². The van der Waals surface area contributed by atoms with Gasteiger partial charge in [-0.05, 0) is 40.4 Å². The minimum absolute atomic E-state index is 0.0146. The van der Waals surface area contributed by atoms with Crippen LogP contribution in [0.1, 0.15) is 32.4 Å². The Balaban J connectivity index is 1.60. The lowest BCUT2D eigenvalue weighted by atomic mass is 9.88. The van der Waals surface area contributed by atoms with Crippen molar-refractivity contribution in [2.24, 2.45) is 5.41 Å². The van der Waals surface area contributed by atoms with E-state index in [1.807, 2.05) is 75.0 Å². The van der Waals surface area contributed by atoms with Crippen molar-refractivity contribution in [3.8, 4) is 0 Å². The number of amides is 3. The Hall–Kier alpha value is -3.99. The number of H-pyrrole nitrogens is 1. The third-order valence-corrected chi connectivity index (χ3v) is 6.70. The number of carbonyl (C=O) groups is 3. The summed E-state index contributed by atoms with van der Waals surface area (Å²) in [4.78, 5) is 49.8. The molecular formula is C26H34N8O3. The smallest absolute Gasteiger partial charge is 0.314 e. The summed E-state index contributed by atoms with van der Waals surface area (Å²) in [5, 5.41) is 9.95. The predicted molar refractivity (Wildman–Crippen MR) is 141 cm³/mol. The SMILES string of the molecule is C[C@@H]1CN(C(=O)C(=O)Nc2cnc(N)c3cn[nH]c23)[C@@H](c2ccccc2)CN1C(=O)C(C)(C)CN(C)C. The summed E-state index contributed by atoms with van der Waals surface area (Å²) in [6.07, 6.45) is 2.90. The number of fused-ring (bicyclic) bond motifs is 1. The Bertz CT molecular complexity index is 1300. The molecule has 3 aromatic rings. The minimum Gasteiger partial charge on any atom is -0.383 e. The van der Waals surface area contributed by atoms with Gasteiger partial charge >= 0.3 is 11.8 Å². The number of hydrogen-bond donors (Lipinski definition) is 3. The number of anilines is 2. The summed E-state index contributed by atoms with van der Waals surface area (Å²) in [6, 6.07) is 8.71. The van der Waals surface area contributed by atoms with Crippen LogP contribution in [0.25, 0.3) is 10.9 Å². The van der Waals surface area contributed by atoms with Gasteiger partial charge in [-0.25, -0.2) is 4.98 Å². The molecule has 0 saturated carbocycles. The largest absolute Gasteiger partial charge is 0.383 e. The van der Waals surface area contributed by atoms with Crippen LogP contribution in [-0.2, 0) is 14.4 Å². The Morgan fingerprint density at radius 2 is 1.84 bits per heavy atom. The molecule has 2 aromatic heterocycles. The molecule has 0 radical (unpaired) electrons. The number of aromatic nitrogens is 3. The van der Waals surface area contributed by atoms with E-state index in [1.165, 1.54) is 12.4 Å². The molecule has 0 unspecified atom stereocenters. The van der Waals surface area contributed by atoms with E-state index in [0.717, 1.165) is 5.56 Å². The van der Waals surface area contributed by atoms with Crippen molar-refractivity contribution in [1.82, 2.24) is 29.9 Å². The van der Waals surface area contributed by atoms with Gasteiger partial charge in [0.2, 0.25) is 5.91 Å². The topological polar surface area (TPSA) is 141 Å². The zero-order valence-electron chi connectivity index (χ0n) is 21.9. The fourth-order valence-corrected chi connectivity index (χ4v) is 5.05. The van der Waals surface area contributed by atoms with Crippen LogP contribution < -0.4 is 11.1 Å². The number of nitrogens with two attached hydrogens (primary N) is 1. The number of nitrogens with zero attached hydrogens (tertiary/aromatic N) is 5. The van der Waals surface area contributed by atoms with Crippen LogP contribution in [0.15, 0.2) is 42.7 Å². The highest BCUT2D eigenvalue weighted by Gasteiger charge is 2.43. The first-order valence-corrected chi connectivity index (χ1v) is 12.2. The molecule has 1 saturated heterocycles. The molecule has 1 aliphatic heterocycles. The van der Waals surface area contributed by atoms with E-state index in [2.05, 4.69) is 20.5 Å². The van der Waals surface area contributed by atoms with Crippen LogP contribution in [0.2, 0.25) is 0 Å². The summed E-state index contributed by atoms with van der Waals surface area (Å²) in [5.41, 5.74) is 6.91. The van der Waals surface area contributed by atoms with E-state index in [9.17, 15) is 14.4 Å². The lowest BCUT2D eigenvalue weighted by Gasteiger charge is -2.47. The second-order valence-corrected chi connectivity index (χ2v) is 10.5. The van der Waals surface area contributed by atoms with Crippen molar-refractivity contribution < 1.29 is 14.4 Å². The molecule has 4 N–H and O–H groups in total. The Kier molecular flexibility index (Phi) is 7.17. The number of nitrogen functional groups attached to an aromatic ring is 1. The maximum Gasteiger partial charge on any atom is 0.314 e. The first kappa shape index (κ1) is 26.1. The molecule has 3 amide bonds. The van der Waals surface area contributed by atoms with E-state index in [4.69, 9.17) is 5.73 Å². The van der Waals surface area contributed by atoms with Gasteiger partial charge in [0.1, 0.15) is 5.82 Å². The highest BCUT2D eigenvalue weighted by molar-refractivity contribution is 6.40. The lowest BCUT2D eigenvalue weighted by molar-refractivity contribution is -0.155. The molecule has 1 aromatic carbocycles. The molecule has 0 aliphatic carbocycles. The highest BCUT2D eigenvalue weighted by atomic mass is 16.2. The van der Waals surface area contributed by atoms with Crippen molar-refractivity contribution in [1.29, 1.82) is 0 Å². The molecule has 2 atom stereocenters. The Labute approximate surface area is 216 Å². The van der Waals surface area contributed by atoms with Gasteiger partial charge in [0.25, 0.3) is 0 Å². The molecule has 11 nitrogen and oxygen atoms in total. The number of carbonyl (C=O) groups excluding carboxylic acids is 3. The average molecular weight is 507 g/mol. The van der Waals surface area contributed by atoms with Crippen molar-refractivity contribution in [2.75, 3.05) is 44.8 Å². The van der Waals surface area contributed by atoms with Crippen LogP contribution in [0.3, 0.4) is 0 Å². The highest BCUT2D eigenvalue weighted by Crippen LogP contribution is 2.32. The quantitative estimate of drug-likeness (QED) is 0.449. The normalized spacial score (nSPS) is 18.3. The maximum absolute atomic E-state index is 13.6. The van der Waals surface area contributed by atoms with Gasteiger partial charge in [-0.15, -0.1) is 0 Å². The lowest BCUT2D eigenvalue weighted by Crippen LogP contribution is -2.61. The third kappa shape index (κ3) is 5.26. The third-order valence-electron chi connectivity index (χ3n) is 6.70. The molecule has 4 rings (SSSR count). The van der Waals surface area contributed by atoms with E-state index in [1.54, 1.807) is 4.90 Å². The monoisotopic (exact) mass is 506 g/mol. The van der Waals surface area contributed by atoms with Crippen LogP contribution in [0.4, 0.5) is 11.5 Å². The Morgan fingerprint density at radius 3 is 2.51 bits per heavy atom. The van der Waals surface area contributed by atoms with Gasteiger partial charge < -0.3 is 25.8 Å². The molecule has 0 bridgehead atoms. The number of aromatic amines is 1. The van der Waals surface area contributed by atoms with Crippen LogP contribution in [0, 0.1) is 5.41 Å². The predicted octanol–water partition coefficient (Wildman–Crippen LogP) is 1.87. The van der Waals surface area contributed by atoms with E-state index in [0.29, 0.717) is 23.1 Å². The molecule has 1 fully saturated rings. The summed E-state index contributed by atoms with van der Waals surface area (Å²) in [7, 11) is 3.88. The molecule has 1 aliphatic rings. The number of benzene rings is 1.